The number of pyridine rings is 1. The summed E-state index contributed by atoms with van der Waals surface area (Å²) >= 11 is 0. The van der Waals surface area contributed by atoms with Gasteiger partial charge in [0.1, 0.15) is 24.2 Å². The van der Waals surface area contributed by atoms with Crippen molar-refractivity contribution in [2.24, 2.45) is 0 Å². The van der Waals surface area contributed by atoms with Crippen molar-refractivity contribution in [3.8, 4) is 28.7 Å². The van der Waals surface area contributed by atoms with Gasteiger partial charge in [-0.2, -0.15) is 23.3 Å². The quantitative estimate of drug-likeness (QED) is 0.193. The molecule has 3 heterocycles. The van der Waals surface area contributed by atoms with Gasteiger partial charge in [0.05, 0.1) is 11.1 Å². The number of hydrogen-bond acceptors (Lipinski definition) is 5. The molecule has 6 aromatic rings. The fourth-order valence-electron chi connectivity index (χ4n) is 5.09. The number of nitrogens with zero attached hydrogens (tertiary/aromatic N) is 4. The predicted molar refractivity (Wildman–Crippen MR) is 142 cm³/mol. The summed E-state index contributed by atoms with van der Waals surface area (Å²) in [6, 6.07) is 40.6. The maximum absolute atomic E-state index is 6.36. The number of hydrogen-bond donors (Lipinski definition) is 0. The van der Waals surface area contributed by atoms with Crippen LogP contribution in [0.2, 0.25) is 0 Å². The van der Waals surface area contributed by atoms with E-state index in [2.05, 4.69) is 46.5 Å². The molecular weight excluding hydrogens is 667 g/mol. The third-order valence-corrected chi connectivity index (χ3v) is 6.66. The molecule has 0 amide bonds. The first kappa shape index (κ1) is 24.8. The fourth-order valence-corrected chi connectivity index (χ4v) is 5.09. The Bertz CT molecular complexity index is 1690. The average molecular weight is 688 g/mol. The molecule has 0 saturated carbocycles. The van der Waals surface area contributed by atoms with Crippen LogP contribution in [0.5, 0.6) is 23.0 Å². The van der Waals surface area contributed by atoms with Crippen molar-refractivity contribution in [1.29, 1.82) is 0 Å². The number of benzene rings is 4. The molecule has 190 valence electrons. The second kappa shape index (κ2) is 10.3. The van der Waals surface area contributed by atoms with Gasteiger partial charge < -0.3 is 9.47 Å². The van der Waals surface area contributed by atoms with Gasteiger partial charge in [0, 0.05) is 28.8 Å². The van der Waals surface area contributed by atoms with Crippen molar-refractivity contribution < 1.29 is 30.5 Å². The molecular formula is C32H20N4O2Pt. The molecule has 6 nitrogen and oxygen atoms in total. The number of para-hydroxylation sites is 2. The van der Waals surface area contributed by atoms with Gasteiger partial charge in [-0.25, -0.2) is 9.67 Å². The first-order chi connectivity index (χ1) is 18.8. The molecule has 4 aromatic carbocycles. The SMILES string of the molecule is [Pt+2].[c-]1c(Oc2[c-]c(C3(c4ccccn4)c4ccccc4Oc4ccccc43)ccc2)cccc1-n1cncn1. The summed E-state index contributed by atoms with van der Waals surface area (Å²) in [5.74, 6) is 2.67. The van der Waals surface area contributed by atoms with Crippen LogP contribution in [0.15, 0.2) is 122 Å². The van der Waals surface area contributed by atoms with E-state index in [9.17, 15) is 0 Å². The summed E-state index contributed by atoms with van der Waals surface area (Å²) in [6.07, 6.45) is 4.93. The molecule has 0 atom stereocenters. The summed E-state index contributed by atoms with van der Waals surface area (Å²) in [5.41, 5.74) is 3.71. The molecule has 0 fully saturated rings. The van der Waals surface area contributed by atoms with Crippen molar-refractivity contribution in [3.63, 3.8) is 0 Å². The standard InChI is InChI=1S/C32H20N4O2.Pt/c1-3-15-29-27(13-1)32(31-17-5-6-18-34-31,28-14-2-4-16-30(28)38-29)23-9-7-11-25(19-23)37-26-12-8-10-24(20-26)36-22-33-21-35-36;/h1-18,21-22H;/q-2;+2. The summed E-state index contributed by atoms with van der Waals surface area (Å²) in [4.78, 5) is 8.88. The van der Waals surface area contributed by atoms with E-state index < -0.39 is 5.41 Å². The third-order valence-electron chi connectivity index (χ3n) is 6.66. The molecule has 39 heavy (non-hydrogen) atoms. The Kier molecular flexibility index (Phi) is 6.55. The fraction of sp³-hybridized carbons (Fsp3) is 0.0312. The summed E-state index contributed by atoms with van der Waals surface area (Å²) < 4.78 is 14.3. The van der Waals surface area contributed by atoms with E-state index in [1.807, 2.05) is 85.1 Å². The molecule has 2 aromatic heterocycles. The van der Waals surface area contributed by atoms with Crippen LogP contribution in [-0.2, 0) is 26.5 Å². The zero-order valence-corrected chi connectivity index (χ0v) is 22.7. The van der Waals surface area contributed by atoms with E-state index in [0.29, 0.717) is 11.5 Å². The Labute approximate surface area is 240 Å². The first-order valence-electron chi connectivity index (χ1n) is 12.2. The largest absolute Gasteiger partial charge is 2.00 e. The van der Waals surface area contributed by atoms with E-state index >= 15 is 0 Å². The Hall–Kier alpha value is -4.54. The summed E-state index contributed by atoms with van der Waals surface area (Å²) in [7, 11) is 0. The minimum Gasteiger partial charge on any atom is -0.509 e. The molecule has 0 aliphatic carbocycles. The van der Waals surface area contributed by atoms with Gasteiger partial charge in [0.25, 0.3) is 0 Å². The van der Waals surface area contributed by atoms with Crippen molar-refractivity contribution in [2.45, 2.75) is 5.41 Å². The minimum atomic E-state index is -0.766. The van der Waals surface area contributed by atoms with E-state index in [4.69, 9.17) is 14.5 Å². The van der Waals surface area contributed by atoms with Gasteiger partial charge in [-0.3, -0.25) is 4.98 Å². The molecule has 0 N–H and O–H groups in total. The van der Waals surface area contributed by atoms with Crippen LogP contribution in [0.1, 0.15) is 22.4 Å². The van der Waals surface area contributed by atoms with Crippen molar-refractivity contribution in [1.82, 2.24) is 19.7 Å². The molecule has 0 unspecified atom stereocenters. The Balaban J connectivity index is 0.00000277. The van der Waals surface area contributed by atoms with Gasteiger partial charge in [-0.1, -0.05) is 42.5 Å². The van der Waals surface area contributed by atoms with Crippen LogP contribution in [-0.4, -0.2) is 19.7 Å². The summed E-state index contributed by atoms with van der Waals surface area (Å²) in [5, 5.41) is 4.19. The Morgan fingerprint density at radius 2 is 1.41 bits per heavy atom. The van der Waals surface area contributed by atoms with Gasteiger partial charge in [-0.05, 0) is 30.0 Å². The third kappa shape index (κ3) is 4.23. The van der Waals surface area contributed by atoms with Crippen LogP contribution >= 0.6 is 0 Å². The average Bonchev–Trinajstić information content (AvgIpc) is 3.52. The minimum absolute atomic E-state index is 0. The molecule has 0 bridgehead atoms. The molecule has 0 radical (unpaired) electrons. The first-order valence-corrected chi connectivity index (χ1v) is 12.2. The Morgan fingerprint density at radius 3 is 2.10 bits per heavy atom. The molecule has 1 aliphatic heterocycles. The van der Waals surface area contributed by atoms with Crippen LogP contribution in [0.3, 0.4) is 0 Å². The van der Waals surface area contributed by atoms with E-state index in [1.54, 1.807) is 11.0 Å². The molecule has 1 aliphatic rings. The zero-order chi connectivity index (χ0) is 25.4. The van der Waals surface area contributed by atoms with Gasteiger partial charge in [0.15, 0.2) is 0 Å². The van der Waals surface area contributed by atoms with E-state index in [-0.39, 0.29) is 21.1 Å². The molecule has 0 saturated heterocycles. The van der Waals surface area contributed by atoms with Crippen molar-refractivity contribution in [2.75, 3.05) is 0 Å². The van der Waals surface area contributed by atoms with E-state index in [0.717, 1.165) is 39.6 Å². The predicted octanol–water partition coefficient (Wildman–Crippen LogP) is 6.54. The normalized spacial score (nSPS) is 12.8. The van der Waals surface area contributed by atoms with E-state index in [1.165, 1.54) is 6.33 Å². The monoisotopic (exact) mass is 687 g/mol. The number of fused-ring (bicyclic) bond motifs is 2. The van der Waals surface area contributed by atoms with Crippen molar-refractivity contribution in [3.05, 3.63) is 156 Å². The Morgan fingerprint density at radius 1 is 0.718 bits per heavy atom. The molecule has 7 rings (SSSR count). The second-order valence-electron chi connectivity index (χ2n) is 8.83. The molecule has 7 heteroatoms. The van der Waals surface area contributed by atoms with Crippen LogP contribution in [0.25, 0.3) is 5.69 Å². The van der Waals surface area contributed by atoms with Gasteiger partial charge in [0.2, 0.25) is 0 Å². The smallest absolute Gasteiger partial charge is 0.509 e. The number of aromatic nitrogens is 4. The van der Waals surface area contributed by atoms with Crippen molar-refractivity contribution >= 4 is 0 Å². The maximum atomic E-state index is 6.36. The van der Waals surface area contributed by atoms with Crippen LogP contribution in [0, 0.1) is 12.1 Å². The van der Waals surface area contributed by atoms with Gasteiger partial charge >= 0.3 is 21.1 Å². The van der Waals surface area contributed by atoms with Crippen LogP contribution < -0.4 is 9.47 Å². The zero-order valence-electron chi connectivity index (χ0n) is 20.5. The van der Waals surface area contributed by atoms with Gasteiger partial charge in [-0.15, -0.1) is 35.9 Å². The number of rotatable bonds is 5. The maximum Gasteiger partial charge on any atom is 2.00 e. The molecule has 0 spiro atoms. The number of ether oxygens (including phenoxy) is 2. The summed E-state index contributed by atoms with van der Waals surface area (Å²) in [6.45, 7) is 0. The van der Waals surface area contributed by atoms with Crippen LogP contribution in [0.4, 0.5) is 0 Å². The second-order valence-corrected chi connectivity index (χ2v) is 8.83. The topological polar surface area (TPSA) is 62.1 Å².